The Morgan fingerprint density at radius 2 is 2.29 bits per heavy atom. The number of anilines is 1. The van der Waals surface area contributed by atoms with E-state index in [0.717, 1.165) is 12.0 Å². The van der Waals surface area contributed by atoms with Crippen molar-refractivity contribution in [2.75, 3.05) is 5.73 Å². The number of rotatable bonds is 3. The van der Waals surface area contributed by atoms with Crippen LogP contribution in [0, 0.1) is 5.92 Å². The van der Waals surface area contributed by atoms with Gasteiger partial charge in [-0.15, -0.1) is 0 Å². The molecule has 0 saturated carbocycles. The summed E-state index contributed by atoms with van der Waals surface area (Å²) in [6.45, 7) is 4.15. The Hall–Kier alpha value is -2.04. The van der Waals surface area contributed by atoms with Crippen molar-refractivity contribution < 1.29 is 4.52 Å². The van der Waals surface area contributed by atoms with Gasteiger partial charge in [0.15, 0.2) is 5.43 Å². The lowest BCUT2D eigenvalue weighted by Gasteiger charge is -2.04. The monoisotopic (exact) mass is 233 g/mol. The Balaban J connectivity index is 2.53. The van der Waals surface area contributed by atoms with Crippen LogP contribution in [0.15, 0.2) is 27.8 Å². The van der Waals surface area contributed by atoms with Crippen LogP contribution in [-0.4, -0.2) is 10.1 Å². The van der Waals surface area contributed by atoms with Gasteiger partial charge in [0, 0.05) is 24.0 Å². The summed E-state index contributed by atoms with van der Waals surface area (Å²) in [5, 5.41) is 3.88. The summed E-state index contributed by atoms with van der Waals surface area (Å²) in [5.41, 5.74) is 7.47. The Morgan fingerprint density at radius 1 is 1.53 bits per heavy atom. The van der Waals surface area contributed by atoms with Crippen LogP contribution in [-0.2, 0) is 6.42 Å². The number of nitrogens with two attached hydrogens (primary N) is 1. The van der Waals surface area contributed by atoms with Crippen LogP contribution in [0.2, 0.25) is 0 Å². The Kier molecular flexibility index (Phi) is 2.99. The normalized spacial score (nSPS) is 11.0. The van der Waals surface area contributed by atoms with Gasteiger partial charge in [-0.1, -0.05) is 19.0 Å². The van der Waals surface area contributed by atoms with Crippen LogP contribution in [0.5, 0.6) is 0 Å². The van der Waals surface area contributed by atoms with E-state index in [2.05, 4.69) is 24.0 Å². The molecule has 2 heterocycles. The number of nitrogen functional groups attached to an aromatic ring is 1. The fraction of sp³-hybridized carbons (Fsp3) is 0.333. The summed E-state index contributed by atoms with van der Waals surface area (Å²) in [4.78, 5) is 14.6. The molecule has 0 amide bonds. The lowest BCUT2D eigenvalue weighted by molar-refractivity contribution is 0.438. The molecule has 0 saturated heterocycles. The maximum atomic E-state index is 11.7. The lowest BCUT2D eigenvalue weighted by atomic mass is 10.00. The van der Waals surface area contributed by atoms with E-state index in [9.17, 15) is 4.79 Å². The Morgan fingerprint density at radius 3 is 2.94 bits per heavy atom. The molecule has 90 valence electrons. The molecule has 0 radical (unpaired) electrons. The summed E-state index contributed by atoms with van der Waals surface area (Å²) in [7, 11) is 0. The summed E-state index contributed by atoms with van der Waals surface area (Å²) in [6.07, 6.45) is 3.93. The molecule has 17 heavy (non-hydrogen) atoms. The van der Waals surface area contributed by atoms with Crippen molar-refractivity contribution in [2.45, 2.75) is 20.3 Å². The third-order valence-electron chi connectivity index (χ3n) is 2.51. The molecule has 2 aromatic rings. The molecular formula is C12H15N3O2. The van der Waals surface area contributed by atoms with Crippen molar-refractivity contribution in [3.8, 4) is 11.3 Å². The first-order chi connectivity index (χ1) is 8.09. The minimum atomic E-state index is -0.0953. The van der Waals surface area contributed by atoms with Gasteiger partial charge in [0.25, 0.3) is 0 Å². The second-order valence-corrected chi connectivity index (χ2v) is 4.39. The Labute approximate surface area is 98.6 Å². The molecule has 0 unspecified atom stereocenters. The zero-order valence-electron chi connectivity index (χ0n) is 9.86. The highest BCUT2D eigenvalue weighted by atomic mass is 16.5. The number of nitrogens with zero attached hydrogens (tertiary/aromatic N) is 1. The SMILES string of the molecule is CC(C)Cc1c(-c2c[nH]ccc2=O)noc1N. The molecule has 2 aromatic heterocycles. The summed E-state index contributed by atoms with van der Waals surface area (Å²) in [6, 6.07) is 1.46. The first-order valence-electron chi connectivity index (χ1n) is 5.51. The second kappa shape index (κ2) is 4.45. The Bertz CT molecular complexity index is 569. The molecule has 0 aliphatic heterocycles. The molecule has 3 N–H and O–H groups in total. The fourth-order valence-electron chi connectivity index (χ4n) is 1.74. The number of aromatic amines is 1. The van der Waals surface area contributed by atoms with Gasteiger partial charge in [0.1, 0.15) is 5.69 Å². The van der Waals surface area contributed by atoms with Crippen molar-refractivity contribution in [3.63, 3.8) is 0 Å². The quantitative estimate of drug-likeness (QED) is 0.846. The molecule has 0 aliphatic rings. The maximum Gasteiger partial charge on any atom is 0.225 e. The molecule has 0 aromatic carbocycles. The van der Waals surface area contributed by atoms with E-state index >= 15 is 0 Å². The predicted octanol–water partition coefficient (Wildman–Crippen LogP) is 1.81. The van der Waals surface area contributed by atoms with Crippen LogP contribution in [0.25, 0.3) is 11.3 Å². The number of nitrogens with one attached hydrogen (secondary N) is 1. The van der Waals surface area contributed by atoms with E-state index in [-0.39, 0.29) is 11.3 Å². The van der Waals surface area contributed by atoms with E-state index in [1.54, 1.807) is 12.4 Å². The summed E-state index contributed by atoms with van der Waals surface area (Å²) in [5.74, 6) is 0.704. The first-order valence-corrected chi connectivity index (χ1v) is 5.51. The van der Waals surface area contributed by atoms with E-state index in [1.807, 2.05) is 0 Å². The number of H-pyrrole nitrogens is 1. The molecule has 2 rings (SSSR count). The van der Waals surface area contributed by atoms with Crippen molar-refractivity contribution in [2.24, 2.45) is 5.92 Å². The smallest absolute Gasteiger partial charge is 0.225 e. The average Bonchev–Trinajstić information content (AvgIpc) is 2.61. The van der Waals surface area contributed by atoms with Crippen molar-refractivity contribution in [3.05, 3.63) is 34.2 Å². The summed E-state index contributed by atoms with van der Waals surface area (Å²) < 4.78 is 4.98. The van der Waals surface area contributed by atoms with Crippen LogP contribution in [0.3, 0.4) is 0 Å². The van der Waals surface area contributed by atoms with Crippen LogP contribution < -0.4 is 11.2 Å². The van der Waals surface area contributed by atoms with E-state index in [0.29, 0.717) is 17.2 Å². The van der Waals surface area contributed by atoms with Gasteiger partial charge >= 0.3 is 0 Å². The molecule has 5 heteroatoms. The van der Waals surface area contributed by atoms with Gasteiger partial charge in [0.2, 0.25) is 5.88 Å². The second-order valence-electron chi connectivity index (χ2n) is 4.39. The van der Waals surface area contributed by atoms with E-state index in [4.69, 9.17) is 10.3 Å². The fourth-order valence-corrected chi connectivity index (χ4v) is 1.74. The third-order valence-corrected chi connectivity index (χ3v) is 2.51. The number of hydrogen-bond acceptors (Lipinski definition) is 4. The molecule has 0 bridgehead atoms. The van der Waals surface area contributed by atoms with Crippen LogP contribution >= 0.6 is 0 Å². The standard InChI is InChI=1S/C12H15N3O2/c1-7(2)5-8-11(15-17-12(8)13)9-6-14-4-3-10(9)16/h3-4,6-7H,5,13H2,1-2H3,(H,14,16). The minimum Gasteiger partial charge on any atom is -0.367 e. The van der Waals surface area contributed by atoms with Gasteiger partial charge in [-0.2, -0.15) is 0 Å². The highest BCUT2D eigenvalue weighted by Gasteiger charge is 2.18. The van der Waals surface area contributed by atoms with E-state index < -0.39 is 0 Å². The molecule has 5 nitrogen and oxygen atoms in total. The van der Waals surface area contributed by atoms with Crippen molar-refractivity contribution >= 4 is 5.88 Å². The average molecular weight is 233 g/mol. The third kappa shape index (κ3) is 2.22. The molecule has 0 spiro atoms. The van der Waals surface area contributed by atoms with Gasteiger partial charge in [-0.3, -0.25) is 4.79 Å². The molecule has 0 fully saturated rings. The first kappa shape index (κ1) is 11.4. The zero-order valence-corrected chi connectivity index (χ0v) is 9.86. The van der Waals surface area contributed by atoms with Crippen LogP contribution in [0.1, 0.15) is 19.4 Å². The predicted molar refractivity (Wildman–Crippen MR) is 65.5 cm³/mol. The topological polar surface area (TPSA) is 84.9 Å². The van der Waals surface area contributed by atoms with Gasteiger partial charge in [-0.25, -0.2) is 0 Å². The van der Waals surface area contributed by atoms with Crippen molar-refractivity contribution in [1.82, 2.24) is 10.1 Å². The number of pyridine rings is 1. The number of aromatic nitrogens is 2. The summed E-state index contributed by atoms with van der Waals surface area (Å²) >= 11 is 0. The lowest BCUT2D eigenvalue weighted by Crippen LogP contribution is -2.06. The minimum absolute atomic E-state index is 0.0953. The van der Waals surface area contributed by atoms with E-state index in [1.165, 1.54) is 6.07 Å². The van der Waals surface area contributed by atoms with Crippen LogP contribution in [0.4, 0.5) is 5.88 Å². The van der Waals surface area contributed by atoms with Gasteiger partial charge < -0.3 is 15.2 Å². The molecule has 0 atom stereocenters. The van der Waals surface area contributed by atoms with Gasteiger partial charge in [0.05, 0.1) is 5.56 Å². The largest absolute Gasteiger partial charge is 0.367 e. The van der Waals surface area contributed by atoms with Gasteiger partial charge in [-0.05, 0) is 12.3 Å². The highest BCUT2D eigenvalue weighted by Crippen LogP contribution is 2.26. The molecular weight excluding hydrogens is 218 g/mol. The van der Waals surface area contributed by atoms with Crippen molar-refractivity contribution in [1.29, 1.82) is 0 Å². The highest BCUT2D eigenvalue weighted by molar-refractivity contribution is 5.66. The maximum absolute atomic E-state index is 11.7. The number of hydrogen-bond donors (Lipinski definition) is 2. The zero-order chi connectivity index (χ0) is 12.4. The molecule has 0 aliphatic carbocycles.